The van der Waals surface area contributed by atoms with Crippen LogP contribution in [-0.2, 0) is 34.1 Å². The smallest absolute Gasteiger partial charge is 0.344 e. The molecule has 0 atom stereocenters. The van der Waals surface area contributed by atoms with Crippen LogP contribution in [0.25, 0.3) is 0 Å². The summed E-state index contributed by atoms with van der Waals surface area (Å²) in [4.78, 5) is 0. The zero-order chi connectivity index (χ0) is 0. The van der Waals surface area contributed by atoms with Crippen LogP contribution in [0.15, 0.2) is 0 Å². The number of hydrogen-bond donors (Lipinski definition) is 1. The fourth-order valence-corrected chi connectivity index (χ4v) is 0. The fraction of sp³-hybridized carbons (Fsp3) is 0. The van der Waals surface area contributed by atoms with Crippen LogP contribution in [0.4, 0.5) is 0 Å². The third-order valence-electron chi connectivity index (χ3n) is 0. The quantitative estimate of drug-likeness (QED) is 0.478. The minimum absolute atomic E-state index is 0. The summed E-state index contributed by atoms with van der Waals surface area (Å²) in [6, 6.07) is 0. The Kier molecular flexibility index (Phi) is 228. The number of hydrogen-bond acceptors (Lipinski definition) is 1. The van der Waals surface area contributed by atoms with Crippen molar-refractivity contribution in [1.29, 1.82) is 0 Å². The molecule has 0 aromatic carbocycles. The second-order valence-electron chi connectivity index (χ2n) is 0. The van der Waals surface area contributed by atoms with Gasteiger partial charge in [-0.05, 0) is 0 Å². The van der Waals surface area contributed by atoms with Crippen LogP contribution in [-0.4, -0.2) is 23.1 Å². The zero-order valence-electron chi connectivity index (χ0n) is 2.15. The van der Waals surface area contributed by atoms with Crippen molar-refractivity contribution >= 4 is 23.1 Å². The molecule has 1 nitrogen and oxygen atoms in total. The van der Waals surface area contributed by atoms with E-state index < -0.39 is 0 Å². The molecule has 0 aliphatic rings. The average Bonchev–Trinajstić information content (AvgIpc) is 0. The summed E-state index contributed by atoms with van der Waals surface area (Å²) >= 11 is 0. The molecule has 3 N–H and O–H groups in total. The molecule has 0 bridgehead atoms. The monoisotopic (exact) mass is 152 g/mol. The van der Waals surface area contributed by atoms with E-state index in [1.54, 1.807) is 0 Å². The van der Waals surface area contributed by atoms with Gasteiger partial charge in [0.05, 0.1) is 0 Å². The van der Waals surface area contributed by atoms with E-state index in [-0.39, 0.29) is 63.3 Å². The largest absolute Gasteiger partial charge is 2.00 e. The van der Waals surface area contributed by atoms with Crippen LogP contribution in [0, 0.1) is 0 Å². The summed E-state index contributed by atoms with van der Waals surface area (Å²) in [5.74, 6) is 0. The van der Waals surface area contributed by atoms with Gasteiger partial charge in [0.2, 0.25) is 0 Å². The molecule has 1 radical (unpaired) electrons. The Morgan fingerprint density at radius 3 is 1.00 bits per heavy atom. The van der Waals surface area contributed by atoms with Gasteiger partial charge in [-0.25, -0.2) is 0 Å². The Balaban J connectivity index is 0. The van der Waals surface area contributed by atoms with E-state index in [4.69, 9.17) is 0 Å². The van der Waals surface area contributed by atoms with E-state index in [1.165, 1.54) is 0 Å². The number of rotatable bonds is 0. The van der Waals surface area contributed by atoms with Gasteiger partial charge in [-0.15, -0.1) is 0 Å². The molecule has 0 unspecified atom stereocenters. The van der Waals surface area contributed by atoms with Gasteiger partial charge in [-0.2, -0.15) is 0 Å². The maximum Gasteiger partial charge on any atom is 2.00 e. The summed E-state index contributed by atoms with van der Waals surface area (Å²) in [6.45, 7) is 0. The van der Waals surface area contributed by atoms with Crippen molar-refractivity contribution in [1.82, 2.24) is 6.15 Å². The second-order valence-corrected chi connectivity index (χ2v) is 0. The SMILES string of the molecule is N.[Fe+2].[Mg+2].[Mn+2]. The molecule has 0 fully saturated rings. The molecule has 0 rings (SSSR count). The van der Waals surface area contributed by atoms with Gasteiger partial charge < -0.3 is 6.15 Å². The summed E-state index contributed by atoms with van der Waals surface area (Å²) in [6.07, 6.45) is 0. The third-order valence-corrected chi connectivity index (χ3v) is 0. The molecule has 0 saturated carbocycles. The molecular formula is H3FeMgMnN+6. The van der Waals surface area contributed by atoms with Crippen molar-refractivity contribution in [2.45, 2.75) is 0 Å². The topological polar surface area (TPSA) is 35.0 Å². The molecule has 0 aliphatic heterocycles. The first kappa shape index (κ1) is 42.0. The van der Waals surface area contributed by atoms with Crippen molar-refractivity contribution in [2.75, 3.05) is 0 Å². The first-order chi connectivity index (χ1) is 0. The third kappa shape index (κ3) is 9.24. The van der Waals surface area contributed by atoms with Crippen LogP contribution in [0.3, 0.4) is 0 Å². The molecule has 0 heterocycles. The molecule has 0 spiro atoms. The Labute approximate surface area is 63.0 Å². The van der Waals surface area contributed by atoms with E-state index in [0.29, 0.717) is 0 Å². The van der Waals surface area contributed by atoms with Gasteiger partial charge >= 0.3 is 57.2 Å². The fourth-order valence-electron chi connectivity index (χ4n) is 0. The van der Waals surface area contributed by atoms with Crippen LogP contribution in [0.2, 0.25) is 0 Å². The van der Waals surface area contributed by atoms with Gasteiger partial charge in [0.25, 0.3) is 0 Å². The van der Waals surface area contributed by atoms with Gasteiger partial charge in [0, 0.05) is 0 Å². The first-order valence-electron chi connectivity index (χ1n) is 0. The van der Waals surface area contributed by atoms with Gasteiger partial charge in [-0.1, -0.05) is 0 Å². The summed E-state index contributed by atoms with van der Waals surface area (Å²) in [7, 11) is 0. The van der Waals surface area contributed by atoms with E-state index in [0.717, 1.165) is 0 Å². The Morgan fingerprint density at radius 2 is 1.00 bits per heavy atom. The molecule has 0 aromatic rings. The van der Waals surface area contributed by atoms with Gasteiger partial charge in [0.1, 0.15) is 0 Å². The molecule has 19 valence electrons. The minimum Gasteiger partial charge on any atom is -0.344 e. The van der Waals surface area contributed by atoms with Crippen LogP contribution >= 0.6 is 0 Å². The van der Waals surface area contributed by atoms with Crippen molar-refractivity contribution in [3.8, 4) is 0 Å². The minimum atomic E-state index is 0. The van der Waals surface area contributed by atoms with Crippen molar-refractivity contribution < 1.29 is 34.1 Å². The van der Waals surface area contributed by atoms with Crippen molar-refractivity contribution in [3.63, 3.8) is 0 Å². The predicted molar refractivity (Wildman–Crippen MR) is 10.8 cm³/mol. The van der Waals surface area contributed by atoms with E-state index in [9.17, 15) is 0 Å². The average molecular weight is 152 g/mol. The maximum absolute atomic E-state index is 0. The summed E-state index contributed by atoms with van der Waals surface area (Å²) < 4.78 is 0. The normalized spacial score (nSPS) is 0. The van der Waals surface area contributed by atoms with E-state index in [1.807, 2.05) is 0 Å². The van der Waals surface area contributed by atoms with Crippen molar-refractivity contribution in [2.24, 2.45) is 0 Å². The molecule has 0 amide bonds. The predicted octanol–water partition coefficient (Wildman–Crippen LogP) is -0.224. The molecule has 4 heteroatoms. The maximum atomic E-state index is 0. The van der Waals surface area contributed by atoms with Gasteiger partial charge in [-0.3, -0.25) is 0 Å². The van der Waals surface area contributed by atoms with E-state index in [2.05, 4.69) is 0 Å². The Morgan fingerprint density at radius 1 is 1.00 bits per heavy atom. The van der Waals surface area contributed by atoms with Crippen molar-refractivity contribution in [3.05, 3.63) is 0 Å². The van der Waals surface area contributed by atoms with E-state index >= 15 is 0 Å². The van der Waals surface area contributed by atoms with Gasteiger partial charge in [0.15, 0.2) is 0 Å². The Hall–Kier alpha value is 1.77. The first-order valence-corrected chi connectivity index (χ1v) is 0. The van der Waals surface area contributed by atoms with Crippen LogP contribution < -0.4 is 6.15 Å². The Bertz CT molecular complexity index is 8.00. The molecule has 4 heavy (non-hydrogen) atoms. The molecule has 0 aromatic heterocycles. The molecular weight excluding hydrogens is 149 g/mol. The molecule has 0 saturated heterocycles. The standard InChI is InChI=1S/Fe.Mg.Mn.H3N/h;;;1H3/q3*+2;. The summed E-state index contributed by atoms with van der Waals surface area (Å²) in [5, 5.41) is 0. The zero-order valence-corrected chi connectivity index (χ0v) is 5.84. The van der Waals surface area contributed by atoms with Crippen LogP contribution in [0.1, 0.15) is 0 Å². The van der Waals surface area contributed by atoms with Crippen LogP contribution in [0.5, 0.6) is 0 Å². The summed E-state index contributed by atoms with van der Waals surface area (Å²) in [5.41, 5.74) is 0. The molecule has 0 aliphatic carbocycles. The second kappa shape index (κ2) is 21.7.